The van der Waals surface area contributed by atoms with Crippen molar-refractivity contribution in [3.8, 4) is 0 Å². The van der Waals surface area contributed by atoms with Gasteiger partial charge in [-0.2, -0.15) is 0 Å². The molecule has 3 nitrogen and oxygen atoms in total. The van der Waals surface area contributed by atoms with Crippen LogP contribution in [-0.2, 0) is 0 Å². The molecule has 0 radical (unpaired) electrons. The van der Waals surface area contributed by atoms with E-state index in [0.717, 1.165) is 16.5 Å². The number of hydrogen-bond donors (Lipinski definition) is 3. The van der Waals surface area contributed by atoms with Gasteiger partial charge in [-0.1, -0.05) is 26.0 Å². The van der Waals surface area contributed by atoms with Crippen molar-refractivity contribution in [1.29, 1.82) is 0 Å². The Hall–Kier alpha value is -1.32. The van der Waals surface area contributed by atoms with Crippen LogP contribution in [0.1, 0.15) is 25.5 Å². The maximum Gasteiger partial charge on any atom is 0.0755 e. The third kappa shape index (κ3) is 1.96. The predicted molar refractivity (Wildman–Crippen MR) is 66.1 cm³/mol. The number of benzene rings is 1. The Kier molecular flexibility index (Phi) is 2.99. The molecule has 86 valence electrons. The van der Waals surface area contributed by atoms with Crippen LogP contribution in [-0.4, -0.2) is 16.2 Å². The van der Waals surface area contributed by atoms with E-state index in [0.29, 0.717) is 0 Å². The number of nitrogens with two attached hydrogens (primary N) is 1. The fourth-order valence-corrected chi connectivity index (χ4v) is 1.88. The molecular formula is C13H18N2O. The SMILES string of the molecule is CC(C)[C@H](O)[C@H](N)c1ccc2cc[nH]c2c1. The molecule has 1 aromatic heterocycles. The number of aliphatic hydroxyl groups excluding tert-OH is 1. The van der Waals surface area contributed by atoms with Crippen LogP contribution in [0, 0.1) is 5.92 Å². The second kappa shape index (κ2) is 4.28. The molecule has 0 aliphatic rings. The first kappa shape index (κ1) is 11.2. The van der Waals surface area contributed by atoms with Gasteiger partial charge >= 0.3 is 0 Å². The molecule has 0 aliphatic carbocycles. The number of H-pyrrole nitrogens is 1. The largest absolute Gasteiger partial charge is 0.391 e. The highest BCUT2D eigenvalue weighted by Crippen LogP contribution is 2.23. The summed E-state index contributed by atoms with van der Waals surface area (Å²) in [5.74, 6) is 0.161. The summed E-state index contributed by atoms with van der Waals surface area (Å²) in [5.41, 5.74) is 8.06. The van der Waals surface area contributed by atoms with E-state index in [4.69, 9.17) is 5.73 Å². The molecule has 2 aromatic rings. The third-order valence-electron chi connectivity index (χ3n) is 3.01. The van der Waals surface area contributed by atoms with E-state index in [2.05, 4.69) is 4.98 Å². The smallest absolute Gasteiger partial charge is 0.0755 e. The van der Waals surface area contributed by atoms with E-state index < -0.39 is 6.10 Å². The fourth-order valence-electron chi connectivity index (χ4n) is 1.88. The Labute approximate surface area is 95.3 Å². The monoisotopic (exact) mass is 218 g/mol. The Morgan fingerprint density at radius 3 is 2.69 bits per heavy atom. The van der Waals surface area contributed by atoms with Crippen molar-refractivity contribution in [3.63, 3.8) is 0 Å². The van der Waals surface area contributed by atoms with Crippen molar-refractivity contribution in [1.82, 2.24) is 4.98 Å². The molecule has 0 saturated heterocycles. The predicted octanol–water partition coefficient (Wildman–Crippen LogP) is 2.18. The van der Waals surface area contributed by atoms with Gasteiger partial charge in [0.1, 0.15) is 0 Å². The zero-order valence-electron chi connectivity index (χ0n) is 9.64. The van der Waals surface area contributed by atoms with Gasteiger partial charge in [0.2, 0.25) is 0 Å². The summed E-state index contributed by atoms with van der Waals surface area (Å²) >= 11 is 0. The Balaban J connectivity index is 2.32. The van der Waals surface area contributed by atoms with Crippen molar-refractivity contribution in [2.75, 3.05) is 0 Å². The average Bonchev–Trinajstić information content (AvgIpc) is 2.73. The lowest BCUT2D eigenvalue weighted by molar-refractivity contribution is 0.0980. The summed E-state index contributed by atoms with van der Waals surface area (Å²) in [4.78, 5) is 3.15. The van der Waals surface area contributed by atoms with E-state index in [9.17, 15) is 5.11 Å². The van der Waals surface area contributed by atoms with Crippen molar-refractivity contribution in [2.45, 2.75) is 26.0 Å². The van der Waals surface area contributed by atoms with E-state index in [1.807, 2.05) is 44.3 Å². The number of aromatic nitrogens is 1. The number of rotatable bonds is 3. The van der Waals surface area contributed by atoms with Gasteiger partial charge in [0, 0.05) is 11.7 Å². The Morgan fingerprint density at radius 2 is 2.00 bits per heavy atom. The molecule has 0 spiro atoms. The summed E-state index contributed by atoms with van der Waals surface area (Å²) in [5, 5.41) is 11.1. The summed E-state index contributed by atoms with van der Waals surface area (Å²) < 4.78 is 0. The van der Waals surface area contributed by atoms with Crippen LogP contribution < -0.4 is 5.73 Å². The van der Waals surface area contributed by atoms with Crippen molar-refractivity contribution >= 4 is 10.9 Å². The van der Waals surface area contributed by atoms with Crippen LogP contribution in [0.15, 0.2) is 30.5 Å². The molecule has 1 heterocycles. The van der Waals surface area contributed by atoms with Gasteiger partial charge < -0.3 is 15.8 Å². The maximum atomic E-state index is 9.94. The van der Waals surface area contributed by atoms with Gasteiger partial charge in [0.05, 0.1) is 12.1 Å². The Bertz CT molecular complexity index is 475. The van der Waals surface area contributed by atoms with Gasteiger partial charge in [-0.3, -0.25) is 0 Å². The van der Waals surface area contributed by atoms with Gasteiger partial charge in [0.25, 0.3) is 0 Å². The highest BCUT2D eigenvalue weighted by molar-refractivity contribution is 5.79. The van der Waals surface area contributed by atoms with Gasteiger partial charge in [-0.05, 0) is 29.0 Å². The van der Waals surface area contributed by atoms with Crippen molar-refractivity contribution in [2.24, 2.45) is 11.7 Å². The van der Waals surface area contributed by atoms with Gasteiger partial charge in [0.15, 0.2) is 0 Å². The number of aromatic amines is 1. The maximum absolute atomic E-state index is 9.94. The quantitative estimate of drug-likeness (QED) is 0.739. The number of nitrogens with one attached hydrogen (secondary N) is 1. The van der Waals surface area contributed by atoms with E-state index in [-0.39, 0.29) is 12.0 Å². The lowest BCUT2D eigenvalue weighted by Gasteiger charge is -2.22. The summed E-state index contributed by atoms with van der Waals surface area (Å²) in [6, 6.07) is 7.70. The first-order valence-electron chi connectivity index (χ1n) is 5.60. The van der Waals surface area contributed by atoms with Crippen molar-refractivity contribution < 1.29 is 5.11 Å². The highest BCUT2D eigenvalue weighted by Gasteiger charge is 2.20. The summed E-state index contributed by atoms with van der Waals surface area (Å²) in [6.45, 7) is 3.94. The van der Waals surface area contributed by atoms with Gasteiger partial charge in [-0.15, -0.1) is 0 Å². The number of aliphatic hydroxyl groups is 1. The zero-order valence-corrected chi connectivity index (χ0v) is 9.64. The van der Waals surface area contributed by atoms with Crippen LogP contribution in [0.25, 0.3) is 10.9 Å². The van der Waals surface area contributed by atoms with E-state index in [1.165, 1.54) is 0 Å². The average molecular weight is 218 g/mol. The van der Waals surface area contributed by atoms with Crippen LogP contribution in [0.5, 0.6) is 0 Å². The normalized spacial score (nSPS) is 15.6. The molecule has 4 N–H and O–H groups in total. The lowest BCUT2D eigenvalue weighted by Crippen LogP contribution is -2.30. The van der Waals surface area contributed by atoms with Crippen molar-refractivity contribution in [3.05, 3.63) is 36.0 Å². The molecular weight excluding hydrogens is 200 g/mol. The first-order valence-corrected chi connectivity index (χ1v) is 5.60. The molecule has 3 heteroatoms. The minimum Gasteiger partial charge on any atom is -0.391 e. The van der Waals surface area contributed by atoms with Gasteiger partial charge in [-0.25, -0.2) is 0 Å². The molecule has 0 aliphatic heterocycles. The molecule has 0 unspecified atom stereocenters. The molecule has 1 aromatic carbocycles. The van der Waals surface area contributed by atoms with Crippen LogP contribution in [0.3, 0.4) is 0 Å². The first-order chi connectivity index (χ1) is 7.59. The second-order valence-electron chi connectivity index (χ2n) is 4.58. The molecule has 0 saturated carbocycles. The third-order valence-corrected chi connectivity index (χ3v) is 3.01. The fraction of sp³-hybridized carbons (Fsp3) is 0.385. The molecule has 2 rings (SSSR count). The standard InChI is InChI=1S/C13H18N2O/c1-8(2)13(16)12(14)10-4-3-9-5-6-15-11(9)7-10/h3-8,12-13,15-16H,14H2,1-2H3/t12-,13+/m1/s1. The minimum atomic E-state index is -0.507. The topological polar surface area (TPSA) is 62.0 Å². The van der Waals surface area contributed by atoms with Crippen LogP contribution >= 0.6 is 0 Å². The zero-order chi connectivity index (χ0) is 11.7. The minimum absolute atomic E-state index is 0.161. The summed E-state index contributed by atoms with van der Waals surface area (Å²) in [6.07, 6.45) is 1.39. The van der Waals surface area contributed by atoms with Crippen LogP contribution in [0.4, 0.5) is 0 Å². The Morgan fingerprint density at radius 1 is 1.25 bits per heavy atom. The van der Waals surface area contributed by atoms with E-state index in [1.54, 1.807) is 0 Å². The van der Waals surface area contributed by atoms with E-state index >= 15 is 0 Å². The molecule has 0 fully saturated rings. The molecule has 2 atom stereocenters. The second-order valence-corrected chi connectivity index (χ2v) is 4.58. The molecule has 0 bridgehead atoms. The molecule has 16 heavy (non-hydrogen) atoms. The number of hydrogen-bond acceptors (Lipinski definition) is 2. The highest BCUT2D eigenvalue weighted by atomic mass is 16.3. The summed E-state index contributed by atoms with van der Waals surface area (Å²) in [7, 11) is 0. The molecule has 0 amide bonds. The lowest BCUT2D eigenvalue weighted by atomic mass is 9.94. The van der Waals surface area contributed by atoms with Crippen LogP contribution in [0.2, 0.25) is 0 Å². The number of fused-ring (bicyclic) bond motifs is 1.